The van der Waals surface area contributed by atoms with Gasteiger partial charge in [-0.25, -0.2) is 0 Å². The molecule has 1 aromatic rings. The number of anilines is 1. The number of methoxy groups -OCH3 is 1. The maximum atomic E-state index is 5.83. The summed E-state index contributed by atoms with van der Waals surface area (Å²) in [7, 11) is 3.80. The fourth-order valence-corrected chi connectivity index (χ4v) is 2.50. The molecule has 1 aromatic carbocycles. The number of rotatable bonds is 5. The molecular formula is C13H19BrN2O. The minimum absolute atomic E-state index is 0.335. The van der Waals surface area contributed by atoms with Crippen molar-refractivity contribution < 1.29 is 4.74 Å². The van der Waals surface area contributed by atoms with E-state index < -0.39 is 0 Å². The second-order valence-corrected chi connectivity index (χ2v) is 5.79. The molecule has 0 heterocycles. The molecule has 0 unspecified atom stereocenters. The Hall–Kier alpha value is -0.740. The van der Waals surface area contributed by atoms with Gasteiger partial charge in [0.15, 0.2) is 0 Å². The molecule has 1 aliphatic carbocycles. The second kappa shape index (κ2) is 4.86. The van der Waals surface area contributed by atoms with Crippen LogP contribution in [0.5, 0.6) is 5.75 Å². The van der Waals surface area contributed by atoms with Crippen molar-refractivity contribution in [1.29, 1.82) is 0 Å². The summed E-state index contributed by atoms with van der Waals surface area (Å²) >= 11 is 3.50. The predicted octanol–water partition coefficient (Wildman–Crippen LogP) is 2.63. The SMILES string of the molecule is COc1ccc(Br)cc1N(C)CC1(CN)CC1. The lowest BCUT2D eigenvalue weighted by atomic mass is 10.1. The molecule has 1 fully saturated rings. The molecule has 0 bridgehead atoms. The van der Waals surface area contributed by atoms with Crippen molar-refractivity contribution >= 4 is 21.6 Å². The van der Waals surface area contributed by atoms with Crippen molar-refractivity contribution in [3.05, 3.63) is 22.7 Å². The fraction of sp³-hybridized carbons (Fsp3) is 0.538. The maximum Gasteiger partial charge on any atom is 0.142 e. The van der Waals surface area contributed by atoms with E-state index in [1.165, 1.54) is 12.8 Å². The summed E-state index contributed by atoms with van der Waals surface area (Å²) < 4.78 is 6.46. The Labute approximate surface area is 111 Å². The normalized spacial score (nSPS) is 16.7. The van der Waals surface area contributed by atoms with Crippen molar-refractivity contribution in [1.82, 2.24) is 0 Å². The molecule has 17 heavy (non-hydrogen) atoms. The Balaban J connectivity index is 2.17. The summed E-state index contributed by atoms with van der Waals surface area (Å²) in [6, 6.07) is 6.06. The summed E-state index contributed by atoms with van der Waals surface area (Å²) in [4.78, 5) is 2.24. The van der Waals surface area contributed by atoms with Crippen LogP contribution in [0.3, 0.4) is 0 Å². The van der Waals surface area contributed by atoms with Crippen LogP contribution in [0, 0.1) is 5.41 Å². The quantitative estimate of drug-likeness (QED) is 0.908. The first-order chi connectivity index (χ1) is 8.10. The summed E-state index contributed by atoms with van der Waals surface area (Å²) in [6.45, 7) is 1.77. The molecule has 0 saturated heterocycles. The second-order valence-electron chi connectivity index (χ2n) is 4.88. The number of nitrogens with two attached hydrogens (primary N) is 1. The van der Waals surface area contributed by atoms with E-state index in [1.54, 1.807) is 7.11 Å². The lowest BCUT2D eigenvalue weighted by Crippen LogP contribution is -2.31. The van der Waals surface area contributed by atoms with Gasteiger partial charge in [-0.15, -0.1) is 0 Å². The third kappa shape index (κ3) is 2.75. The van der Waals surface area contributed by atoms with E-state index in [0.29, 0.717) is 5.41 Å². The number of hydrogen-bond donors (Lipinski definition) is 1. The van der Waals surface area contributed by atoms with Gasteiger partial charge in [0.05, 0.1) is 12.8 Å². The number of ether oxygens (including phenoxy) is 1. The highest BCUT2D eigenvalue weighted by Gasteiger charge is 2.42. The molecule has 0 atom stereocenters. The van der Waals surface area contributed by atoms with Crippen LogP contribution >= 0.6 is 15.9 Å². The van der Waals surface area contributed by atoms with Gasteiger partial charge in [0.2, 0.25) is 0 Å². The van der Waals surface area contributed by atoms with E-state index in [1.807, 2.05) is 12.1 Å². The molecular weight excluding hydrogens is 280 g/mol. The third-order valence-corrected chi connectivity index (χ3v) is 4.01. The summed E-state index contributed by atoms with van der Waals surface area (Å²) in [5.41, 5.74) is 7.28. The first-order valence-corrected chi connectivity index (χ1v) is 6.64. The minimum Gasteiger partial charge on any atom is -0.495 e. The fourth-order valence-electron chi connectivity index (χ4n) is 2.15. The molecule has 1 aliphatic rings. The standard InChI is InChI=1S/C13H19BrN2O/c1-16(9-13(8-15)5-6-13)11-7-10(14)3-4-12(11)17-2/h3-4,7H,5-6,8-9,15H2,1-2H3. The lowest BCUT2D eigenvalue weighted by Gasteiger charge is -2.26. The van der Waals surface area contributed by atoms with Crippen LogP contribution in [0.4, 0.5) is 5.69 Å². The molecule has 1 saturated carbocycles. The summed E-state index contributed by atoms with van der Waals surface area (Å²) in [5, 5.41) is 0. The topological polar surface area (TPSA) is 38.5 Å². The zero-order chi connectivity index (χ0) is 12.5. The van der Waals surface area contributed by atoms with Gasteiger partial charge in [0.1, 0.15) is 5.75 Å². The van der Waals surface area contributed by atoms with Gasteiger partial charge in [-0.05, 0) is 37.6 Å². The highest BCUT2D eigenvalue weighted by molar-refractivity contribution is 9.10. The average molecular weight is 299 g/mol. The molecule has 94 valence electrons. The summed E-state index contributed by atoms with van der Waals surface area (Å²) in [6.07, 6.45) is 2.48. The highest BCUT2D eigenvalue weighted by atomic mass is 79.9. The average Bonchev–Trinajstić information content (AvgIpc) is 3.09. The van der Waals surface area contributed by atoms with E-state index in [-0.39, 0.29) is 0 Å². The van der Waals surface area contributed by atoms with E-state index in [9.17, 15) is 0 Å². The van der Waals surface area contributed by atoms with Crippen LogP contribution in [0.15, 0.2) is 22.7 Å². The molecule has 3 nitrogen and oxygen atoms in total. The van der Waals surface area contributed by atoms with Crippen molar-refractivity contribution in [2.45, 2.75) is 12.8 Å². The Kier molecular flexibility index (Phi) is 3.64. The van der Waals surface area contributed by atoms with Crippen molar-refractivity contribution in [3.63, 3.8) is 0 Å². The van der Waals surface area contributed by atoms with Gasteiger partial charge in [0.25, 0.3) is 0 Å². The van der Waals surface area contributed by atoms with Gasteiger partial charge in [-0.2, -0.15) is 0 Å². The van der Waals surface area contributed by atoms with Crippen molar-refractivity contribution in [2.24, 2.45) is 11.1 Å². The number of nitrogens with zero attached hydrogens (tertiary/aromatic N) is 1. The lowest BCUT2D eigenvalue weighted by molar-refractivity contribution is 0.413. The zero-order valence-electron chi connectivity index (χ0n) is 10.4. The Morgan fingerprint density at radius 2 is 2.18 bits per heavy atom. The molecule has 2 rings (SSSR count). The minimum atomic E-state index is 0.335. The van der Waals surface area contributed by atoms with Crippen LogP contribution in [-0.4, -0.2) is 27.2 Å². The van der Waals surface area contributed by atoms with Gasteiger partial charge in [-0.1, -0.05) is 15.9 Å². The van der Waals surface area contributed by atoms with Gasteiger partial charge in [0, 0.05) is 23.5 Å². The number of hydrogen-bond acceptors (Lipinski definition) is 3. The smallest absolute Gasteiger partial charge is 0.142 e. The summed E-state index contributed by atoms with van der Waals surface area (Å²) in [5.74, 6) is 0.906. The van der Waals surface area contributed by atoms with E-state index >= 15 is 0 Å². The zero-order valence-corrected chi connectivity index (χ0v) is 12.0. The maximum absolute atomic E-state index is 5.83. The highest BCUT2D eigenvalue weighted by Crippen LogP contribution is 2.46. The largest absolute Gasteiger partial charge is 0.495 e. The Morgan fingerprint density at radius 3 is 2.71 bits per heavy atom. The number of halogens is 1. The number of benzene rings is 1. The van der Waals surface area contributed by atoms with Gasteiger partial charge < -0.3 is 15.4 Å². The van der Waals surface area contributed by atoms with Crippen LogP contribution in [0.2, 0.25) is 0 Å². The van der Waals surface area contributed by atoms with Crippen molar-refractivity contribution in [3.8, 4) is 5.75 Å². The third-order valence-electron chi connectivity index (χ3n) is 3.51. The van der Waals surface area contributed by atoms with Crippen LogP contribution in [0.25, 0.3) is 0 Å². The molecule has 2 N–H and O–H groups in total. The van der Waals surface area contributed by atoms with E-state index in [0.717, 1.165) is 29.0 Å². The van der Waals surface area contributed by atoms with Crippen LogP contribution in [0.1, 0.15) is 12.8 Å². The molecule has 4 heteroatoms. The predicted molar refractivity (Wildman–Crippen MR) is 74.7 cm³/mol. The molecule has 0 amide bonds. The molecule has 0 aliphatic heterocycles. The molecule has 0 spiro atoms. The van der Waals surface area contributed by atoms with E-state index in [2.05, 4.69) is 33.9 Å². The van der Waals surface area contributed by atoms with E-state index in [4.69, 9.17) is 10.5 Å². The van der Waals surface area contributed by atoms with Gasteiger partial charge in [-0.3, -0.25) is 0 Å². The Morgan fingerprint density at radius 1 is 1.47 bits per heavy atom. The van der Waals surface area contributed by atoms with Crippen LogP contribution < -0.4 is 15.4 Å². The molecule has 0 radical (unpaired) electrons. The monoisotopic (exact) mass is 298 g/mol. The first-order valence-electron chi connectivity index (χ1n) is 5.85. The van der Waals surface area contributed by atoms with Gasteiger partial charge >= 0.3 is 0 Å². The Bertz CT molecular complexity index is 404. The molecule has 0 aromatic heterocycles. The van der Waals surface area contributed by atoms with Crippen LogP contribution in [-0.2, 0) is 0 Å². The van der Waals surface area contributed by atoms with Crippen molar-refractivity contribution in [2.75, 3.05) is 32.1 Å². The first kappa shape index (κ1) is 12.7.